The van der Waals surface area contributed by atoms with E-state index in [9.17, 15) is 28.0 Å². The summed E-state index contributed by atoms with van der Waals surface area (Å²) in [5, 5.41) is 14.1. The second kappa shape index (κ2) is 11.3. The number of nitriles is 1. The summed E-state index contributed by atoms with van der Waals surface area (Å²) in [6, 6.07) is 9.31. The molecule has 0 unspecified atom stereocenters. The number of ether oxygens (including phenoxy) is 1. The molecule has 8 nitrogen and oxygen atoms in total. The number of nitrogens with zero attached hydrogens (tertiary/aromatic N) is 3. The minimum absolute atomic E-state index is 0.00351. The first-order chi connectivity index (χ1) is 16.2. The number of hydrogen-bond donors (Lipinski definition) is 2. The number of hydrogen-bond acceptors (Lipinski definition) is 7. The van der Waals surface area contributed by atoms with Crippen molar-refractivity contribution in [2.75, 3.05) is 38.2 Å². The van der Waals surface area contributed by atoms with Crippen molar-refractivity contribution in [2.45, 2.75) is 26.2 Å². The van der Waals surface area contributed by atoms with Gasteiger partial charge in [0.15, 0.2) is 5.57 Å². The van der Waals surface area contributed by atoms with Gasteiger partial charge < -0.3 is 15.4 Å². The molecule has 2 aromatic rings. The van der Waals surface area contributed by atoms with Crippen molar-refractivity contribution in [3.05, 3.63) is 49.4 Å². The summed E-state index contributed by atoms with van der Waals surface area (Å²) >= 11 is 0.866. The molecule has 0 bridgehead atoms. The van der Waals surface area contributed by atoms with Crippen LogP contribution in [0, 0.1) is 11.3 Å². The lowest BCUT2D eigenvalue weighted by Crippen LogP contribution is -2.37. The molecule has 1 saturated heterocycles. The third-order valence-electron chi connectivity index (χ3n) is 5.03. The first-order valence-corrected chi connectivity index (χ1v) is 11.4. The number of nitrogens with one attached hydrogen (secondary N) is 2. The lowest BCUT2D eigenvalue weighted by Gasteiger charge is -2.26. The fraction of sp³-hybridized carbons (Fsp3) is 0.409. The van der Waals surface area contributed by atoms with E-state index < -0.39 is 29.8 Å². The van der Waals surface area contributed by atoms with Gasteiger partial charge in [0.1, 0.15) is 21.8 Å². The maximum Gasteiger partial charge on any atom is 0.405 e. The SMILES string of the molecule is CCn1c(=C(C#N)C(=O)NCC(F)(F)F)sc(=CNc2cccc(CN3CCOCC3)c2)c1=O. The van der Waals surface area contributed by atoms with E-state index in [0.29, 0.717) is 13.2 Å². The van der Waals surface area contributed by atoms with E-state index in [4.69, 9.17) is 4.74 Å². The van der Waals surface area contributed by atoms with Gasteiger partial charge in [-0.15, -0.1) is 11.3 Å². The lowest BCUT2D eigenvalue weighted by atomic mass is 10.2. The van der Waals surface area contributed by atoms with E-state index in [1.165, 1.54) is 10.8 Å². The van der Waals surface area contributed by atoms with Crippen molar-refractivity contribution in [1.29, 1.82) is 5.26 Å². The van der Waals surface area contributed by atoms with Crippen molar-refractivity contribution in [1.82, 2.24) is 14.8 Å². The zero-order valence-electron chi connectivity index (χ0n) is 18.4. The van der Waals surface area contributed by atoms with Gasteiger partial charge in [0.2, 0.25) is 0 Å². The number of alkyl halides is 3. The second-order valence-electron chi connectivity index (χ2n) is 7.48. The van der Waals surface area contributed by atoms with Gasteiger partial charge in [0.25, 0.3) is 11.5 Å². The monoisotopic (exact) mass is 495 g/mol. The largest absolute Gasteiger partial charge is 0.405 e. The van der Waals surface area contributed by atoms with E-state index in [1.54, 1.807) is 18.3 Å². The highest BCUT2D eigenvalue weighted by Crippen LogP contribution is 2.14. The molecule has 0 spiro atoms. The highest BCUT2D eigenvalue weighted by atomic mass is 32.1. The number of anilines is 1. The van der Waals surface area contributed by atoms with Crippen molar-refractivity contribution in [3.63, 3.8) is 0 Å². The number of halogens is 3. The Morgan fingerprint density at radius 2 is 2.06 bits per heavy atom. The van der Waals surface area contributed by atoms with E-state index in [1.807, 2.05) is 24.3 Å². The van der Waals surface area contributed by atoms with Crippen LogP contribution in [0.2, 0.25) is 0 Å². The summed E-state index contributed by atoms with van der Waals surface area (Å²) in [4.78, 5) is 27.2. The molecule has 1 amide bonds. The van der Waals surface area contributed by atoms with E-state index in [0.717, 1.165) is 42.2 Å². The predicted octanol–water partition coefficient (Wildman–Crippen LogP) is 0.965. The molecule has 34 heavy (non-hydrogen) atoms. The number of amides is 1. The van der Waals surface area contributed by atoms with Crippen LogP contribution in [0.1, 0.15) is 12.5 Å². The quantitative estimate of drug-likeness (QED) is 0.594. The highest BCUT2D eigenvalue weighted by molar-refractivity contribution is 7.07. The molecular weight excluding hydrogens is 471 g/mol. The van der Waals surface area contributed by atoms with Crippen LogP contribution in [0.4, 0.5) is 18.9 Å². The van der Waals surface area contributed by atoms with Crippen molar-refractivity contribution >= 4 is 34.7 Å². The Morgan fingerprint density at radius 1 is 1.32 bits per heavy atom. The number of morpholine rings is 1. The van der Waals surface area contributed by atoms with Crippen LogP contribution in [0.25, 0.3) is 11.8 Å². The van der Waals surface area contributed by atoms with E-state index >= 15 is 0 Å². The zero-order valence-corrected chi connectivity index (χ0v) is 19.3. The van der Waals surface area contributed by atoms with Crippen LogP contribution >= 0.6 is 11.3 Å². The summed E-state index contributed by atoms with van der Waals surface area (Å²) in [5.74, 6) is -1.18. The Morgan fingerprint density at radius 3 is 2.71 bits per heavy atom. The van der Waals surface area contributed by atoms with Crippen LogP contribution in [-0.4, -0.2) is 54.4 Å². The minimum atomic E-state index is -4.62. The van der Waals surface area contributed by atoms with Crippen LogP contribution in [-0.2, 0) is 22.6 Å². The topological polar surface area (TPSA) is 99.4 Å². The van der Waals surface area contributed by atoms with Gasteiger partial charge in [-0.05, 0) is 24.6 Å². The van der Waals surface area contributed by atoms with E-state index in [-0.39, 0.29) is 15.7 Å². The highest BCUT2D eigenvalue weighted by Gasteiger charge is 2.28. The molecule has 182 valence electrons. The smallest absolute Gasteiger partial charge is 0.379 e. The Labute approximate surface area is 197 Å². The molecule has 3 rings (SSSR count). The Hall–Kier alpha value is -3.14. The Balaban J connectivity index is 1.87. The Bertz CT molecular complexity index is 1240. The van der Waals surface area contributed by atoms with Crippen molar-refractivity contribution in [3.8, 4) is 6.07 Å². The summed E-state index contributed by atoms with van der Waals surface area (Å²) in [6.07, 6.45) is -3.14. The van der Waals surface area contributed by atoms with Gasteiger partial charge in [-0.1, -0.05) is 12.1 Å². The summed E-state index contributed by atoms with van der Waals surface area (Å²) in [5.41, 5.74) is 0.839. The number of aromatic nitrogens is 1. The molecule has 12 heteroatoms. The van der Waals surface area contributed by atoms with Crippen LogP contribution in [0.15, 0.2) is 29.1 Å². The normalized spacial score (nSPS) is 16.1. The molecule has 2 N–H and O–H groups in total. The van der Waals surface area contributed by atoms with Gasteiger partial charge in [0, 0.05) is 38.1 Å². The van der Waals surface area contributed by atoms with Gasteiger partial charge in [0.05, 0.1) is 13.2 Å². The molecule has 2 heterocycles. The third-order valence-corrected chi connectivity index (χ3v) is 6.16. The number of thiazole rings is 1. The van der Waals surface area contributed by atoms with Gasteiger partial charge in [-0.3, -0.25) is 19.1 Å². The summed E-state index contributed by atoms with van der Waals surface area (Å²) in [7, 11) is 0. The van der Waals surface area contributed by atoms with Gasteiger partial charge in [-0.25, -0.2) is 0 Å². The zero-order chi connectivity index (χ0) is 24.7. The average molecular weight is 496 g/mol. The number of benzene rings is 1. The number of carbonyl (C=O) groups excluding carboxylic acids is 1. The second-order valence-corrected chi connectivity index (χ2v) is 8.51. The average Bonchev–Trinajstić information content (AvgIpc) is 3.12. The van der Waals surface area contributed by atoms with Crippen molar-refractivity contribution in [2.24, 2.45) is 0 Å². The molecule has 1 aromatic heterocycles. The molecule has 0 radical (unpaired) electrons. The Kier molecular flexibility index (Phi) is 8.49. The summed E-state index contributed by atoms with van der Waals surface area (Å²) in [6.45, 7) is 4.09. The van der Waals surface area contributed by atoms with Crippen LogP contribution in [0.5, 0.6) is 0 Å². The molecule has 1 aromatic carbocycles. The fourth-order valence-corrected chi connectivity index (χ4v) is 4.47. The molecule has 0 saturated carbocycles. The molecular formula is C22H24F3N5O3S. The molecule has 1 fully saturated rings. The standard InChI is InChI=1S/C22H24F3N5O3S/c1-2-30-20(32)18(34-21(30)17(11-26)19(31)28-14-22(23,24)25)12-27-16-5-3-4-15(10-16)13-29-6-8-33-9-7-29/h3-5,10,12,27H,2,6-9,13-14H2,1H3,(H,28,31). The first-order valence-electron chi connectivity index (χ1n) is 10.6. The summed E-state index contributed by atoms with van der Waals surface area (Å²) < 4.78 is 44.1. The lowest BCUT2D eigenvalue weighted by molar-refractivity contribution is -0.135. The first kappa shape index (κ1) is 25.5. The predicted molar refractivity (Wildman–Crippen MR) is 122 cm³/mol. The third kappa shape index (κ3) is 6.69. The van der Waals surface area contributed by atoms with Gasteiger partial charge >= 0.3 is 6.18 Å². The van der Waals surface area contributed by atoms with E-state index in [2.05, 4.69) is 10.2 Å². The van der Waals surface area contributed by atoms with Crippen LogP contribution in [0.3, 0.4) is 0 Å². The maximum atomic E-state index is 12.8. The maximum absolute atomic E-state index is 12.8. The number of carbonyl (C=O) groups is 1. The molecule has 1 aliphatic heterocycles. The molecule has 0 atom stereocenters. The van der Waals surface area contributed by atoms with Crippen LogP contribution < -0.4 is 25.4 Å². The van der Waals surface area contributed by atoms with Crippen molar-refractivity contribution < 1.29 is 22.7 Å². The minimum Gasteiger partial charge on any atom is -0.379 e. The molecule has 1 aliphatic rings. The molecule has 0 aliphatic carbocycles. The number of rotatable bonds is 7. The van der Waals surface area contributed by atoms with Gasteiger partial charge in [-0.2, -0.15) is 18.4 Å². The fourth-order valence-electron chi connectivity index (χ4n) is 3.38.